The van der Waals surface area contributed by atoms with Gasteiger partial charge in [-0.15, -0.1) is 0 Å². The minimum absolute atomic E-state index is 0.0155. The van der Waals surface area contributed by atoms with E-state index in [2.05, 4.69) is 4.90 Å². The number of carbonyl (C=O) groups excluding carboxylic acids is 2. The maximum atomic E-state index is 13.3. The summed E-state index contributed by atoms with van der Waals surface area (Å²) in [5.41, 5.74) is 0.286. The molecule has 1 saturated carbocycles. The van der Waals surface area contributed by atoms with Crippen molar-refractivity contribution >= 4 is 17.5 Å². The van der Waals surface area contributed by atoms with Crippen molar-refractivity contribution in [3.05, 3.63) is 39.9 Å². The summed E-state index contributed by atoms with van der Waals surface area (Å²) in [5.74, 6) is 0.00263. The Balaban J connectivity index is 1.59. The Hall–Kier alpha value is -2.48. The number of likely N-dealkylation sites (tertiary alicyclic amines) is 2. The largest absolute Gasteiger partial charge is 0.337 e. The molecule has 2 saturated heterocycles. The van der Waals surface area contributed by atoms with Gasteiger partial charge in [0.1, 0.15) is 0 Å². The van der Waals surface area contributed by atoms with E-state index in [1.807, 2.05) is 16.8 Å². The number of carbonyl (C=O) groups is 2. The van der Waals surface area contributed by atoms with Crippen molar-refractivity contribution in [3.8, 4) is 0 Å². The lowest BCUT2D eigenvalue weighted by atomic mass is 9.73. The Morgan fingerprint density at radius 3 is 2.40 bits per heavy atom. The van der Waals surface area contributed by atoms with E-state index >= 15 is 0 Å². The fraction of sp³-hybridized carbons (Fsp3) is 0.636. The number of hydrogen-bond acceptors (Lipinski definition) is 5. The molecule has 1 spiro atoms. The molecule has 3 aliphatic rings. The van der Waals surface area contributed by atoms with Gasteiger partial charge in [-0.05, 0) is 63.7 Å². The van der Waals surface area contributed by atoms with Gasteiger partial charge in [0.15, 0.2) is 0 Å². The van der Waals surface area contributed by atoms with Crippen molar-refractivity contribution in [2.24, 2.45) is 0 Å². The van der Waals surface area contributed by atoms with Crippen molar-refractivity contribution in [2.75, 3.05) is 26.7 Å². The lowest BCUT2D eigenvalue weighted by Crippen LogP contribution is -2.63. The fourth-order valence-electron chi connectivity index (χ4n) is 5.71. The Labute approximate surface area is 177 Å². The molecule has 162 valence electrons. The third kappa shape index (κ3) is 3.57. The van der Waals surface area contributed by atoms with Crippen LogP contribution in [0, 0.1) is 10.1 Å². The highest BCUT2D eigenvalue weighted by molar-refractivity contribution is 5.94. The van der Waals surface area contributed by atoms with Crippen LogP contribution in [0.25, 0.3) is 0 Å². The molecule has 2 aliphatic heterocycles. The quantitative estimate of drug-likeness (QED) is 0.558. The zero-order valence-electron chi connectivity index (χ0n) is 17.7. The third-order valence-electron chi connectivity index (χ3n) is 7.42. The monoisotopic (exact) mass is 414 g/mol. The molecule has 0 N–H and O–H groups in total. The van der Waals surface area contributed by atoms with Gasteiger partial charge in [-0.2, -0.15) is 0 Å². The highest BCUT2D eigenvalue weighted by Crippen LogP contribution is 2.45. The Morgan fingerprint density at radius 2 is 1.83 bits per heavy atom. The van der Waals surface area contributed by atoms with Crippen LogP contribution in [0.1, 0.15) is 55.8 Å². The average molecular weight is 415 g/mol. The van der Waals surface area contributed by atoms with Gasteiger partial charge < -0.3 is 9.80 Å². The van der Waals surface area contributed by atoms with Gasteiger partial charge in [-0.25, -0.2) is 0 Å². The molecule has 0 bridgehead atoms. The molecular weight excluding hydrogens is 384 g/mol. The van der Waals surface area contributed by atoms with E-state index in [0.717, 1.165) is 51.7 Å². The molecule has 4 rings (SSSR count). The first-order valence-electron chi connectivity index (χ1n) is 10.9. The number of rotatable bonds is 4. The molecule has 2 amide bonds. The second-order valence-corrected chi connectivity index (χ2v) is 8.99. The van der Waals surface area contributed by atoms with Crippen molar-refractivity contribution in [1.82, 2.24) is 14.7 Å². The van der Waals surface area contributed by atoms with Gasteiger partial charge >= 0.3 is 0 Å². The van der Waals surface area contributed by atoms with Gasteiger partial charge in [0.25, 0.3) is 11.6 Å². The SMILES string of the molecule is CC(=O)N1CCCC12CCC(N1CCC1)C(N(C)C(=O)c1ccc([N+](=O)[O-])cc1)C2. The van der Waals surface area contributed by atoms with Crippen LogP contribution in [-0.4, -0.2) is 75.7 Å². The molecular formula is C22H30N4O4. The van der Waals surface area contributed by atoms with Crippen molar-refractivity contribution < 1.29 is 14.5 Å². The van der Waals surface area contributed by atoms with E-state index in [-0.39, 0.29) is 29.1 Å². The third-order valence-corrected chi connectivity index (χ3v) is 7.42. The fourth-order valence-corrected chi connectivity index (χ4v) is 5.71. The highest BCUT2D eigenvalue weighted by Gasteiger charge is 2.51. The molecule has 3 fully saturated rings. The summed E-state index contributed by atoms with van der Waals surface area (Å²) in [6.45, 7) is 4.57. The summed E-state index contributed by atoms with van der Waals surface area (Å²) in [6.07, 6.45) is 5.96. The molecule has 2 heterocycles. The first kappa shape index (κ1) is 20.8. The van der Waals surface area contributed by atoms with Gasteiger partial charge in [0.05, 0.1) is 4.92 Å². The maximum Gasteiger partial charge on any atom is 0.269 e. The number of hydrogen-bond donors (Lipinski definition) is 0. The number of benzene rings is 1. The summed E-state index contributed by atoms with van der Waals surface area (Å²) in [5, 5.41) is 10.9. The predicted molar refractivity (Wildman–Crippen MR) is 112 cm³/mol. The minimum atomic E-state index is -0.459. The summed E-state index contributed by atoms with van der Waals surface area (Å²) in [6, 6.07) is 6.14. The van der Waals surface area contributed by atoms with Gasteiger partial charge in [0, 0.05) is 55.8 Å². The van der Waals surface area contributed by atoms with Gasteiger partial charge in [-0.3, -0.25) is 24.6 Å². The van der Waals surface area contributed by atoms with E-state index < -0.39 is 4.92 Å². The summed E-state index contributed by atoms with van der Waals surface area (Å²) in [7, 11) is 1.84. The molecule has 8 heteroatoms. The van der Waals surface area contributed by atoms with E-state index in [9.17, 15) is 19.7 Å². The Kier molecular flexibility index (Phi) is 5.53. The van der Waals surface area contributed by atoms with Crippen LogP contribution in [0.5, 0.6) is 0 Å². The van der Waals surface area contributed by atoms with E-state index in [4.69, 9.17) is 0 Å². The summed E-state index contributed by atoms with van der Waals surface area (Å²) < 4.78 is 0. The number of likely N-dealkylation sites (N-methyl/N-ethyl adjacent to an activating group) is 1. The lowest BCUT2D eigenvalue weighted by Gasteiger charge is -2.54. The lowest BCUT2D eigenvalue weighted by molar-refractivity contribution is -0.384. The molecule has 8 nitrogen and oxygen atoms in total. The van der Waals surface area contributed by atoms with Crippen molar-refractivity contribution in [3.63, 3.8) is 0 Å². The molecule has 0 aromatic heterocycles. The van der Waals surface area contributed by atoms with Crippen LogP contribution >= 0.6 is 0 Å². The maximum absolute atomic E-state index is 13.3. The van der Waals surface area contributed by atoms with Crippen molar-refractivity contribution in [2.45, 2.75) is 63.1 Å². The normalized spacial score (nSPS) is 28.9. The molecule has 1 aliphatic carbocycles. The summed E-state index contributed by atoms with van der Waals surface area (Å²) in [4.78, 5) is 42.4. The minimum Gasteiger partial charge on any atom is -0.337 e. The number of amides is 2. The molecule has 30 heavy (non-hydrogen) atoms. The second kappa shape index (κ2) is 7.98. The first-order valence-corrected chi connectivity index (χ1v) is 10.9. The van der Waals surface area contributed by atoms with Crippen LogP contribution in [0.3, 0.4) is 0 Å². The number of non-ortho nitro benzene ring substituents is 1. The number of nitrogens with zero attached hydrogens (tertiary/aromatic N) is 4. The first-order chi connectivity index (χ1) is 14.3. The van der Waals surface area contributed by atoms with Crippen LogP contribution in [0.4, 0.5) is 5.69 Å². The average Bonchev–Trinajstić information content (AvgIpc) is 3.10. The summed E-state index contributed by atoms with van der Waals surface area (Å²) >= 11 is 0. The molecule has 0 radical (unpaired) electrons. The topological polar surface area (TPSA) is 87.0 Å². The molecule has 1 aromatic rings. The highest BCUT2D eigenvalue weighted by atomic mass is 16.6. The van der Waals surface area contributed by atoms with Crippen LogP contribution < -0.4 is 0 Å². The Morgan fingerprint density at radius 1 is 1.13 bits per heavy atom. The van der Waals surface area contributed by atoms with Crippen molar-refractivity contribution in [1.29, 1.82) is 0 Å². The molecule has 1 aromatic carbocycles. The zero-order chi connectivity index (χ0) is 21.5. The van der Waals surface area contributed by atoms with E-state index in [0.29, 0.717) is 11.6 Å². The van der Waals surface area contributed by atoms with Gasteiger partial charge in [-0.1, -0.05) is 0 Å². The van der Waals surface area contributed by atoms with Crippen LogP contribution in [0.2, 0.25) is 0 Å². The van der Waals surface area contributed by atoms with E-state index in [1.165, 1.54) is 30.7 Å². The van der Waals surface area contributed by atoms with E-state index in [1.54, 1.807) is 6.92 Å². The van der Waals surface area contributed by atoms with Crippen LogP contribution in [-0.2, 0) is 4.79 Å². The molecule has 3 unspecified atom stereocenters. The number of nitro benzene ring substituents is 1. The standard InChI is InChI=1S/C22H30N4O4/c1-16(27)25-14-3-10-22(25)11-9-19(24-12-4-13-24)20(15-22)23(2)21(28)17-5-7-18(8-6-17)26(29)30/h5-8,19-20H,3-4,9-15H2,1-2H3. The second-order valence-electron chi connectivity index (χ2n) is 8.99. The Bertz CT molecular complexity index is 838. The zero-order valence-corrected chi connectivity index (χ0v) is 17.7. The smallest absolute Gasteiger partial charge is 0.269 e. The van der Waals surface area contributed by atoms with Crippen LogP contribution in [0.15, 0.2) is 24.3 Å². The predicted octanol–water partition coefficient (Wildman–Crippen LogP) is 2.67. The molecule has 3 atom stereocenters. The van der Waals surface area contributed by atoms with Gasteiger partial charge in [0.2, 0.25) is 5.91 Å². The number of nitro groups is 1.